The van der Waals surface area contributed by atoms with Crippen LogP contribution in [0.25, 0.3) is 0 Å². The first kappa shape index (κ1) is 13.2. The molecule has 0 aliphatic carbocycles. The third kappa shape index (κ3) is 4.33. The summed E-state index contributed by atoms with van der Waals surface area (Å²) in [6.45, 7) is 1.71. The summed E-state index contributed by atoms with van der Waals surface area (Å²) in [7, 11) is 0. The molecule has 1 aromatic carbocycles. The molecule has 2 N–H and O–H groups in total. The quantitative estimate of drug-likeness (QED) is 0.818. The monoisotopic (exact) mass is 285 g/mol. The van der Waals surface area contributed by atoms with E-state index in [2.05, 4.69) is 21.2 Å². The van der Waals surface area contributed by atoms with E-state index in [1.165, 1.54) is 6.92 Å². The minimum Gasteiger partial charge on any atom is -0.396 e. The van der Waals surface area contributed by atoms with Crippen LogP contribution in [-0.4, -0.2) is 17.6 Å². The van der Waals surface area contributed by atoms with Gasteiger partial charge in [0.25, 0.3) is 0 Å². The summed E-state index contributed by atoms with van der Waals surface area (Å²) in [4.78, 5) is 11.0. The number of anilines is 1. The molecule has 0 fully saturated rings. The van der Waals surface area contributed by atoms with Gasteiger partial charge in [0.2, 0.25) is 5.91 Å². The van der Waals surface area contributed by atoms with Gasteiger partial charge in [0, 0.05) is 23.7 Å². The Morgan fingerprint density at radius 1 is 1.44 bits per heavy atom. The van der Waals surface area contributed by atoms with Crippen LogP contribution in [-0.2, 0) is 11.2 Å². The Labute approximate surface area is 104 Å². The van der Waals surface area contributed by atoms with E-state index < -0.39 is 0 Å². The van der Waals surface area contributed by atoms with Crippen molar-refractivity contribution in [2.45, 2.75) is 26.2 Å². The molecule has 0 atom stereocenters. The minimum atomic E-state index is -0.0641. The van der Waals surface area contributed by atoms with E-state index >= 15 is 0 Å². The first-order chi connectivity index (χ1) is 7.63. The van der Waals surface area contributed by atoms with Crippen LogP contribution in [0, 0.1) is 0 Å². The smallest absolute Gasteiger partial charge is 0.221 e. The van der Waals surface area contributed by atoms with E-state index in [1.807, 2.05) is 18.2 Å². The zero-order valence-corrected chi connectivity index (χ0v) is 10.9. The topological polar surface area (TPSA) is 49.3 Å². The van der Waals surface area contributed by atoms with Gasteiger partial charge in [-0.25, -0.2) is 0 Å². The van der Waals surface area contributed by atoms with Gasteiger partial charge in [-0.2, -0.15) is 0 Å². The highest BCUT2D eigenvalue weighted by Crippen LogP contribution is 2.22. The van der Waals surface area contributed by atoms with Crippen molar-refractivity contribution in [3.63, 3.8) is 0 Å². The van der Waals surface area contributed by atoms with E-state index in [0.717, 1.165) is 35.0 Å². The Hall–Kier alpha value is -0.870. The molecular formula is C12H16BrNO2. The highest BCUT2D eigenvalue weighted by atomic mass is 79.9. The van der Waals surface area contributed by atoms with Crippen molar-refractivity contribution in [1.82, 2.24) is 0 Å². The SMILES string of the molecule is CC(=O)Nc1ccc(Br)cc1CCCCO. The molecule has 0 saturated heterocycles. The molecule has 0 aliphatic rings. The summed E-state index contributed by atoms with van der Waals surface area (Å²) in [6, 6.07) is 5.79. The van der Waals surface area contributed by atoms with Crippen molar-refractivity contribution < 1.29 is 9.90 Å². The standard InChI is InChI=1S/C12H16BrNO2/c1-9(16)14-12-6-5-11(13)8-10(12)4-2-3-7-15/h5-6,8,15H,2-4,7H2,1H3,(H,14,16). The molecule has 0 saturated carbocycles. The molecule has 88 valence electrons. The van der Waals surface area contributed by atoms with Crippen LogP contribution in [0.4, 0.5) is 5.69 Å². The van der Waals surface area contributed by atoms with Gasteiger partial charge in [-0.1, -0.05) is 15.9 Å². The maximum absolute atomic E-state index is 11.0. The summed E-state index contributed by atoms with van der Waals surface area (Å²) in [5.41, 5.74) is 1.95. The van der Waals surface area contributed by atoms with Gasteiger partial charge in [-0.05, 0) is 43.0 Å². The average Bonchev–Trinajstić information content (AvgIpc) is 2.22. The maximum Gasteiger partial charge on any atom is 0.221 e. The Morgan fingerprint density at radius 2 is 2.19 bits per heavy atom. The molecule has 0 unspecified atom stereocenters. The van der Waals surface area contributed by atoms with Crippen molar-refractivity contribution >= 4 is 27.5 Å². The molecule has 1 rings (SSSR count). The maximum atomic E-state index is 11.0. The summed E-state index contributed by atoms with van der Waals surface area (Å²) >= 11 is 3.41. The van der Waals surface area contributed by atoms with Gasteiger partial charge in [0.15, 0.2) is 0 Å². The van der Waals surface area contributed by atoms with Crippen molar-refractivity contribution in [3.05, 3.63) is 28.2 Å². The fourth-order valence-electron chi connectivity index (χ4n) is 1.51. The number of hydrogen-bond donors (Lipinski definition) is 2. The average molecular weight is 286 g/mol. The van der Waals surface area contributed by atoms with E-state index in [0.29, 0.717) is 0 Å². The molecule has 1 amide bonds. The minimum absolute atomic E-state index is 0.0641. The number of unbranched alkanes of at least 4 members (excludes halogenated alkanes) is 1. The van der Waals surface area contributed by atoms with E-state index in [1.54, 1.807) is 0 Å². The van der Waals surface area contributed by atoms with E-state index in [-0.39, 0.29) is 12.5 Å². The second-order valence-electron chi connectivity index (χ2n) is 3.66. The van der Waals surface area contributed by atoms with Gasteiger partial charge in [0.1, 0.15) is 0 Å². The normalized spacial score (nSPS) is 10.2. The second kappa shape index (κ2) is 6.66. The van der Waals surface area contributed by atoms with Crippen molar-refractivity contribution in [1.29, 1.82) is 0 Å². The first-order valence-corrected chi connectivity index (χ1v) is 6.09. The summed E-state index contributed by atoms with van der Waals surface area (Å²) in [5.74, 6) is -0.0641. The molecule has 0 aliphatic heterocycles. The third-order valence-electron chi connectivity index (χ3n) is 2.23. The van der Waals surface area contributed by atoms with Crippen LogP contribution in [0.15, 0.2) is 22.7 Å². The number of nitrogens with one attached hydrogen (secondary N) is 1. The number of benzene rings is 1. The molecule has 1 aromatic rings. The lowest BCUT2D eigenvalue weighted by atomic mass is 10.1. The predicted molar refractivity (Wildman–Crippen MR) is 68.5 cm³/mol. The Bertz CT molecular complexity index is 366. The van der Waals surface area contributed by atoms with Crippen LogP contribution < -0.4 is 5.32 Å². The number of halogens is 1. The van der Waals surface area contributed by atoms with Crippen molar-refractivity contribution in [3.8, 4) is 0 Å². The number of amides is 1. The highest BCUT2D eigenvalue weighted by molar-refractivity contribution is 9.10. The zero-order chi connectivity index (χ0) is 12.0. The van der Waals surface area contributed by atoms with Crippen molar-refractivity contribution in [2.24, 2.45) is 0 Å². The molecule has 16 heavy (non-hydrogen) atoms. The van der Waals surface area contributed by atoms with Gasteiger partial charge >= 0.3 is 0 Å². The molecule has 4 heteroatoms. The van der Waals surface area contributed by atoms with Gasteiger partial charge in [-0.3, -0.25) is 4.79 Å². The number of carbonyl (C=O) groups is 1. The Morgan fingerprint density at radius 3 is 2.81 bits per heavy atom. The van der Waals surface area contributed by atoms with Gasteiger partial charge < -0.3 is 10.4 Å². The van der Waals surface area contributed by atoms with Crippen LogP contribution in [0.3, 0.4) is 0 Å². The molecule has 0 radical (unpaired) electrons. The second-order valence-corrected chi connectivity index (χ2v) is 4.58. The van der Waals surface area contributed by atoms with Gasteiger partial charge in [-0.15, -0.1) is 0 Å². The lowest BCUT2D eigenvalue weighted by Crippen LogP contribution is -2.08. The molecule has 0 heterocycles. The molecule has 0 spiro atoms. The zero-order valence-electron chi connectivity index (χ0n) is 9.29. The fraction of sp³-hybridized carbons (Fsp3) is 0.417. The summed E-state index contributed by atoms with van der Waals surface area (Å²) < 4.78 is 1.00. The molecular weight excluding hydrogens is 270 g/mol. The van der Waals surface area contributed by atoms with Gasteiger partial charge in [0.05, 0.1) is 0 Å². The molecule has 0 aromatic heterocycles. The lowest BCUT2D eigenvalue weighted by Gasteiger charge is -2.10. The third-order valence-corrected chi connectivity index (χ3v) is 2.73. The van der Waals surface area contributed by atoms with Crippen molar-refractivity contribution in [2.75, 3.05) is 11.9 Å². The highest BCUT2D eigenvalue weighted by Gasteiger charge is 2.04. The van der Waals surface area contributed by atoms with E-state index in [9.17, 15) is 4.79 Å². The first-order valence-electron chi connectivity index (χ1n) is 5.30. The number of aliphatic hydroxyl groups excluding tert-OH is 1. The summed E-state index contributed by atoms with van der Waals surface area (Å²) in [5, 5.41) is 11.5. The van der Waals surface area contributed by atoms with Crippen LogP contribution in [0.5, 0.6) is 0 Å². The number of rotatable bonds is 5. The van der Waals surface area contributed by atoms with Crippen LogP contribution in [0.2, 0.25) is 0 Å². The molecule has 0 bridgehead atoms. The van der Waals surface area contributed by atoms with Crippen LogP contribution >= 0.6 is 15.9 Å². The molecule has 3 nitrogen and oxygen atoms in total. The number of aliphatic hydroxyl groups is 1. The predicted octanol–water partition coefficient (Wildman–Crippen LogP) is 2.72. The largest absolute Gasteiger partial charge is 0.396 e. The number of carbonyl (C=O) groups excluding carboxylic acids is 1. The van der Waals surface area contributed by atoms with Crippen LogP contribution in [0.1, 0.15) is 25.3 Å². The number of hydrogen-bond acceptors (Lipinski definition) is 2. The summed E-state index contributed by atoms with van der Waals surface area (Å²) in [6.07, 6.45) is 2.56. The lowest BCUT2D eigenvalue weighted by molar-refractivity contribution is -0.114. The fourth-order valence-corrected chi connectivity index (χ4v) is 1.92. The van der Waals surface area contributed by atoms with E-state index in [4.69, 9.17) is 5.11 Å². The Kier molecular flexibility index (Phi) is 5.49. The Balaban J connectivity index is 2.76. The number of aryl methyl sites for hydroxylation is 1.